The Labute approximate surface area is 141 Å². The molecule has 2 amide bonds. The quantitative estimate of drug-likeness (QED) is 0.834. The predicted octanol–water partition coefficient (Wildman–Crippen LogP) is 2.57. The Morgan fingerprint density at radius 2 is 1.61 bits per heavy atom. The topological polar surface area (TPSA) is 89.4 Å². The Kier molecular flexibility index (Phi) is 9.41. The first-order valence-electron chi connectivity index (χ1n) is 9.30. The van der Waals surface area contributed by atoms with Crippen LogP contribution in [0.2, 0.25) is 0 Å². The summed E-state index contributed by atoms with van der Waals surface area (Å²) in [5.74, 6) is -0.170. The number of hydrogen-bond donors (Lipinski definition) is 2. The van der Waals surface area contributed by atoms with Gasteiger partial charge in [-0.15, -0.1) is 0 Å². The van der Waals surface area contributed by atoms with Crippen molar-refractivity contribution >= 4 is 11.8 Å². The standard InChI is InChI=1S/C18H35N3O2/c1-14(2)13-16(20)18(23)21-12-10-8-6-4-3-5-7-9-11-15(19)17(21)22/h14-16H,3-13,19-20H2,1-2H3/t15-,16?/m0/s1. The zero-order chi connectivity index (χ0) is 17.2. The molecule has 1 heterocycles. The van der Waals surface area contributed by atoms with E-state index in [1.165, 1.54) is 30.6 Å². The highest BCUT2D eigenvalue weighted by atomic mass is 16.2. The normalized spacial score (nSPS) is 23.8. The monoisotopic (exact) mass is 325 g/mol. The predicted molar refractivity (Wildman–Crippen MR) is 93.7 cm³/mol. The molecule has 0 aromatic rings. The van der Waals surface area contributed by atoms with Gasteiger partial charge in [-0.25, -0.2) is 0 Å². The van der Waals surface area contributed by atoms with Crippen LogP contribution in [-0.4, -0.2) is 35.3 Å². The van der Waals surface area contributed by atoms with Crippen LogP contribution in [0.3, 0.4) is 0 Å². The summed E-state index contributed by atoms with van der Waals surface area (Å²) in [6.07, 6.45) is 10.1. The second-order valence-electron chi connectivity index (χ2n) is 7.29. The van der Waals surface area contributed by atoms with Gasteiger partial charge in [0, 0.05) is 6.54 Å². The molecular formula is C18H35N3O2. The van der Waals surface area contributed by atoms with Crippen LogP contribution in [0.1, 0.15) is 78.1 Å². The van der Waals surface area contributed by atoms with Crippen LogP contribution in [0.4, 0.5) is 0 Å². The molecule has 1 saturated heterocycles. The summed E-state index contributed by atoms with van der Waals surface area (Å²) in [5.41, 5.74) is 12.1. The van der Waals surface area contributed by atoms with Crippen molar-refractivity contribution in [3.8, 4) is 0 Å². The third kappa shape index (κ3) is 7.44. The van der Waals surface area contributed by atoms with Crippen LogP contribution in [0, 0.1) is 5.92 Å². The minimum atomic E-state index is -0.609. The van der Waals surface area contributed by atoms with Gasteiger partial charge in [-0.05, 0) is 25.2 Å². The highest BCUT2D eigenvalue weighted by molar-refractivity contribution is 5.99. The Morgan fingerprint density at radius 3 is 2.17 bits per heavy atom. The van der Waals surface area contributed by atoms with Gasteiger partial charge in [-0.3, -0.25) is 14.5 Å². The summed E-state index contributed by atoms with van der Waals surface area (Å²) >= 11 is 0. The largest absolute Gasteiger partial charge is 0.320 e. The van der Waals surface area contributed by atoms with Gasteiger partial charge in [-0.1, -0.05) is 58.8 Å². The van der Waals surface area contributed by atoms with Crippen molar-refractivity contribution in [3.63, 3.8) is 0 Å². The second kappa shape index (κ2) is 10.8. The number of rotatable bonds is 3. The van der Waals surface area contributed by atoms with Gasteiger partial charge in [0.2, 0.25) is 11.8 Å². The number of nitrogens with zero attached hydrogens (tertiary/aromatic N) is 1. The highest BCUT2D eigenvalue weighted by Crippen LogP contribution is 2.15. The lowest BCUT2D eigenvalue weighted by molar-refractivity contribution is -0.147. The zero-order valence-corrected chi connectivity index (χ0v) is 14.9. The molecule has 0 bridgehead atoms. The summed E-state index contributed by atoms with van der Waals surface area (Å²) in [6, 6.07) is -1.19. The van der Waals surface area contributed by atoms with Crippen LogP contribution >= 0.6 is 0 Å². The molecule has 1 unspecified atom stereocenters. The maximum absolute atomic E-state index is 12.6. The van der Waals surface area contributed by atoms with Crippen molar-refractivity contribution < 1.29 is 9.59 Å². The summed E-state index contributed by atoms with van der Waals surface area (Å²) in [4.78, 5) is 26.5. The number of imide groups is 1. The van der Waals surface area contributed by atoms with E-state index < -0.39 is 12.1 Å². The molecule has 23 heavy (non-hydrogen) atoms. The van der Waals surface area contributed by atoms with Crippen molar-refractivity contribution in [2.45, 2.75) is 90.1 Å². The lowest BCUT2D eigenvalue weighted by Crippen LogP contribution is -2.52. The smallest absolute Gasteiger partial charge is 0.246 e. The molecule has 5 nitrogen and oxygen atoms in total. The van der Waals surface area contributed by atoms with Gasteiger partial charge in [0.05, 0.1) is 12.1 Å². The Bertz CT molecular complexity index is 371. The first kappa shape index (κ1) is 20.1. The minimum Gasteiger partial charge on any atom is -0.320 e. The van der Waals surface area contributed by atoms with Gasteiger partial charge in [0.25, 0.3) is 0 Å². The summed E-state index contributed by atoms with van der Waals surface area (Å²) < 4.78 is 0. The summed E-state index contributed by atoms with van der Waals surface area (Å²) in [7, 11) is 0. The third-order valence-corrected chi connectivity index (χ3v) is 4.54. The fourth-order valence-electron chi connectivity index (χ4n) is 3.16. The van der Waals surface area contributed by atoms with E-state index in [1.807, 2.05) is 13.8 Å². The second-order valence-corrected chi connectivity index (χ2v) is 7.29. The van der Waals surface area contributed by atoms with E-state index in [0.29, 0.717) is 25.3 Å². The van der Waals surface area contributed by atoms with E-state index in [0.717, 1.165) is 25.7 Å². The van der Waals surface area contributed by atoms with Gasteiger partial charge in [0.15, 0.2) is 0 Å². The van der Waals surface area contributed by atoms with Crippen LogP contribution in [0.25, 0.3) is 0 Å². The molecule has 1 aliphatic rings. The van der Waals surface area contributed by atoms with Crippen LogP contribution < -0.4 is 11.5 Å². The lowest BCUT2D eigenvalue weighted by Gasteiger charge is -2.27. The number of nitrogens with two attached hydrogens (primary N) is 2. The van der Waals surface area contributed by atoms with Gasteiger partial charge in [0.1, 0.15) is 0 Å². The molecule has 4 N–H and O–H groups in total. The Morgan fingerprint density at radius 1 is 1.09 bits per heavy atom. The molecular weight excluding hydrogens is 290 g/mol. The molecule has 0 aliphatic carbocycles. The molecule has 2 atom stereocenters. The SMILES string of the molecule is CC(C)CC(N)C(=O)N1CCCCCCCCCC[C@H](N)C1=O. The molecule has 0 saturated carbocycles. The van der Waals surface area contributed by atoms with Crippen LogP contribution in [-0.2, 0) is 9.59 Å². The number of carbonyl (C=O) groups is 2. The van der Waals surface area contributed by atoms with Gasteiger partial charge < -0.3 is 11.5 Å². The summed E-state index contributed by atoms with van der Waals surface area (Å²) in [6.45, 7) is 4.51. The van der Waals surface area contributed by atoms with E-state index in [9.17, 15) is 9.59 Å². The summed E-state index contributed by atoms with van der Waals surface area (Å²) in [5, 5.41) is 0. The fraction of sp³-hybridized carbons (Fsp3) is 0.889. The van der Waals surface area contributed by atoms with Gasteiger partial charge >= 0.3 is 0 Å². The molecule has 1 fully saturated rings. The first-order valence-corrected chi connectivity index (χ1v) is 9.30. The van der Waals surface area contributed by atoms with Crippen LogP contribution in [0.15, 0.2) is 0 Å². The van der Waals surface area contributed by atoms with E-state index in [2.05, 4.69) is 0 Å². The first-order chi connectivity index (χ1) is 10.9. The zero-order valence-electron chi connectivity index (χ0n) is 14.9. The molecule has 0 radical (unpaired) electrons. The molecule has 134 valence electrons. The van der Waals surface area contributed by atoms with Crippen molar-refractivity contribution in [2.24, 2.45) is 17.4 Å². The molecule has 0 aromatic carbocycles. The molecule has 0 aromatic heterocycles. The van der Waals surface area contributed by atoms with Crippen molar-refractivity contribution in [1.29, 1.82) is 0 Å². The number of carbonyl (C=O) groups excluding carboxylic acids is 2. The number of hydrogen-bond acceptors (Lipinski definition) is 4. The third-order valence-electron chi connectivity index (χ3n) is 4.54. The minimum absolute atomic E-state index is 0.242. The lowest BCUT2D eigenvalue weighted by atomic mass is 10.0. The van der Waals surface area contributed by atoms with Crippen molar-refractivity contribution in [2.75, 3.05) is 6.54 Å². The maximum atomic E-state index is 12.6. The molecule has 1 aliphatic heterocycles. The number of amides is 2. The van der Waals surface area contributed by atoms with Gasteiger partial charge in [-0.2, -0.15) is 0 Å². The average Bonchev–Trinajstić information content (AvgIpc) is 2.51. The van der Waals surface area contributed by atoms with E-state index in [1.54, 1.807) is 0 Å². The van der Waals surface area contributed by atoms with Crippen molar-refractivity contribution in [1.82, 2.24) is 4.90 Å². The van der Waals surface area contributed by atoms with Crippen molar-refractivity contribution in [3.05, 3.63) is 0 Å². The Balaban J connectivity index is 2.75. The van der Waals surface area contributed by atoms with E-state index in [4.69, 9.17) is 11.5 Å². The maximum Gasteiger partial charge on any atom is 0.246 e. The highest BCUT2D eigenvalue weighted by Gasteiger charge is 2.29. The van der Waals surface area contributed by atoms with Crippen LogP contribution in [0.5, 0.6) is 0 Å². The Hall–Kier alpha value is -0.940. The average molecular weight is 325 g/mol. The molecule has 0 spiro atoms. The molecule has 5 heteroatoms. The fourth-order valence-corrected chi connectivity index (χ4v) is 3.16. The van der Waals surface area contributed by atoms with E-state index >= 15 is 0 Å². The molecule has 1 rings (SSSR count). The van der Waals surface area contributed by atoms with E-state index in [-0.39, 0.29) is 11.8 Å².